The van der Waals surface area contributed by atoms with Crippen molar-refractivity contribution in [2.45, 2.75) is 20.3 Å². The zero-order valence-corrected chi connectivity index (χ0v) is 10.5. The van der Waals surface area contributed by atoms with Crippen molar-refractivity contribution in [2.75, 3.05) is 0 Å². The molecular weight excluding hydrogens is 218 g/mol. The van der Waals surface area contributed by atoms with Crippen LogP contribution < -0.4 is 4.40 Å². The Morgan fingerprint density at radius 1 is 1.44 bits per heavy atom. The molecule has 0 aliphatic carbocycles. The van der Waals surface area contributed by atoms with Crippen LogP contribution in [-0.2, 0) is 13.5 Å². The van der Waals surface area contributed by atoms with Crippen molar-refractivity contribution in [3.8, 4) is 0 Å². The average molecular weight is 232 g/mol. The Balaban J connectivity index is 2.50. The number of thiazole rings is 1. The minimum Gasteiger partial charge on any atom is -0.237 e. The smallest absolute Gasteiger partial charge is 0.237 e. The van der Waals surface area contributed by atoms with Gasteiger partial charge in [0.25, 0.3) is 5.65 Å². The maximum absolute atomic E-state index is 4.52. The van der Waals surface area contributed by atoms with Crippen LogP contribution in [0.5, 0.6) is 0 Å². The van der Waals surface area contributed by atoms with Gasteiger partial charge in [-0.05, 0) is 13.0 Å². The summed E-state index contributed by atoms with van der Waals surface area (Å²) in [6, 6.07) is 4.24. The Bertz CT molecular complexity index is 678. The molecule has 0 bridgehead atoms. The van der Waals surface area contributed by atoms with Crippen molar-refractivity contribution in [3.63, 3.8) is 0 Å². The van der Waals surface area contributed by atoms with E-state index in [0.29, 0.717) is 0 Å². The summed E-state index contributed by atoms with van der Waals surface area (Å²) in [6.45, 7) is 4.24. The van der Waals surface area contributed by atoms with Gasteiger partial charge >= 0.3 is 0 Å². The van der Waals surface area contributed by atoms with Crippen molar-refractivity contribution in [3.05, 3.63) is 29.0 Å². The first-order valence-electron chi connectivity index (χ1n) is 5.47. The fourth-order valence-corrected chi connectivity index (χ4v) is 3.05. The van der Waals surface area contributed by atoms with E-state index in [1.807, 2.05) is 0 Å². The molecule has 0 aromatic carbocycles. The first-order chi connectivity index (χ1) is 7.70. The van der Waals surface area contributed by atoms with Gasteiger partial charge in [0.05, 0.1) is 12.1 Å². The molecule has 3 rings (SSSR count). The summed E-state index contributed by atoms with van der Waals surface area (Å²) >= 11 is 1.75. The van der Waals surface area contributed by atoms with Crippen molar-refractivity contribution >= 4 is 27.3 Å². The second-order valence-electron chi connectivity index (χ2n) is 4.02. The fraction of sp³-hybridized carbons (Fsp3) is 0.333. The molecule has 3 aromatic heterocycles. The molecule has 0 aliphatic heterocycles. The topological polar surface area (TPSA) is 21.9 Å². The summed E-state index contributed by atoms with van der Waals surface area (Å²) in [5, 5.41) is 1.12. The molecule has 4 heteroatoms. The lowest BCUT2D eigenvalue weighted by molar-refractivity contribution is -0.478. The van der Waals surface area contributed by atoms with E-state index in [1.54, 1.807) is 11.3 Å². The number of aromatic nitrogens is 3. The van der Waals surface area contributed by atoms with Crippen molar-refractivity contribution in [1.82, 2.24) is 9.55 Å². The molecule has 0 fully saturated rings. The number of aryl methyl sites for hydroxylation is 3. The number of nitrogens with zero attached hydrogens (tertiary/aromatic N) is 3. The Kier molecular flexibility index (Phi) is 2.01. The highest BCUT2D eigenvalue weighted by atomic mass is 32.1. The largest absolute Gasteiger partial charge is 0.287 e. The Morgan fingerprint density at radius 3 is 3.00 bits per heavy atom. The standard InChI is InChI=1S/C12H14N3S/c1-4-9-7-15-11(14(9)3)6-5-10-12(15)16-8(2)13-10/h5-7H,4H2,1-3H3/q+1. The predicted octanol–water partition coefficient (Wildman–Crippen LogP) is 2.24. The summed E-state index contributed by atoms with van der Waals surface area (Å²) in [6.07, 6.45) is 3.27. The number of rotatable bonds is 1. The maximum atomic E-state index is 4.52. The van der Waals surface area contributed by atoms with Crippen LogP contribution in [0.15, 0.2) is 18.3 Å². The third kappa shape index (κ3) is 1.19. The monoisotopic (exact) mass is 232 g/mol. The third-order valence-electron chi connectivity index (χ3n) is 3.01. The zero-order valence-electron chi connectivity index (χ0n) is 9.69. The lowest BCUT2D eigenvalue weighted by atomic mass is 10.4. The van der Waals surface area contributed by atoms with Crippen LogP contribution in [0.25, 0.3) is 16.0 Å². The molecule has 16 heavy (non-hydrogen) atoms. The second-order valence-corrected chi connectivity index (χ2v) is 5.20. The molecule has 0 N–H and O–H groups in total. The van der Waals surface area contributed by atoms with E-state index in [1.165, 1.54) is 16.2 Å². The molecule has 0 aliphatic rings. The normalized spacial score (nSPS) is 11.7. The molecule has 0 unspecified atom stereocenters. The molecule has 0 amide bonds. The minimum absolute atomic E-state index is 1.05. The van der Waals surface area contributed by atoms with Gasteiger partial charge in [-0.3, -0.25) is 0 Å². The van der Waals surface area contributed by atoms with Crippen LogP contribution in [0.1, 0.15) is 17.6 Å². The van der Waals surface area contributed by atoms with Gasteiger partial charge in [-0.15, -0.1) is 0 Å². The summed E-state index contributed by atoms with van der Waals surface area (Å²) in [5.74, 6) is 0. The SMILES string of the molecule is CCc1c[n+]2c3sc(C)nc3ccc2n1C. The quantitative estimate of drug-likeness (QED) is 0.590. The van der Waals surface area contributed by atoms with Gasteiger partial charge < -0.3 is 0 Å². The van der Waals surface area contributed by atoms with Gasteiger partial charge in [-0.2, -0.15) is 4.40 Å². The number of pyridine rings is 1. The Labute approximate surface area is 98.0 Å². The molecule has 0 spiro atoms. The van der Waals surface area contributed by atoms with Gasteiger partial charge in [-0.1, -0.05) is 18.3 Å². The summed E-state index contributed by atoms with van der Waals surface area (Å²) in [4.78, 5) is 5.76. The highest BCUT2D eigenvalue weighted by molar-refractivity contribution is 7.17. The van der Waals surface area contributed by atoms with Gasteiger partial charge in [0.1, 0.15) is 17.4 Å². The number of imidazole rings is 1. The van der Waals surface area contributed by atoms with Crippen LogP contribution in [-0.4, -0.2) is 9.55 Å². The zero-order chi connectivity index (χ0) is 11.3. The van der Waals surface area contributed by atoms with Crippen LogP contribution >= 0.6 is 11.3 Å². The van der Waals surface area contributed by atoms with Crippen molar-refractivity contribution in [1.29, 1.82) is 0 Å². The number of hydrogen-bond donors (Lipinski definition) is 0. The predicted molar refractivity (Wildman–Crippen MR) is 65.9 cm³/mol. The van der Waals surface area contributed by atoms with E-state index in [-0.39, 0.29) is 0 Å². The maximum Gasteiger partial charge on any atom is 0.287 e. The van der Waals surface area contributed by atoms with Crippen LogP contribution in [0.4, 0.5) is 0 Å². The highest BCUT2D eigenvalue weighted by Crippen LogP contribution is 2.19. The van der Waals surface area contributed by atoms with E-state index in [4.69, 9.17) is 0 Å². The first-order valence-corrected chi connectivity index (χ1v) is 6.28. The second kappa shape index (κ2) is 3.28. The van der Waals surface area contributed by atoms with Gasteiger partial charge in [0, 0.05) is 12.5 Å². The van der Waals surface area contributed by atoms with Crippen LogP contribution in [0.3, 0.4) is 0 Å². The van der Waals surface area contributed by atoms with Crippen molar-refractivity contribution < 1.29 is 4.40 Å². The molecule has 3 heterocycles. The van der Waals surface area contributed by atoms with Gasteiger partial charge in [0.15, 0.2) is 0 Å². The molecular formula is C12H14N3S+. The number of fused-ring (bicyclic) bond motifs is 3. The highest BCUT2D eigenvalue weighted by Gasteiger charge is 2.17. The van der Waals surface area contributed by atoms with Crippen molar-refractivity contribution in [2.24, 2.45) is 7.05 Å². The number of hydrogen-bond acceptors (Lipinski definition) is 2. The molecule has 0 saturated heterocycles. The summed E-state index contributed by atoms with van der Waals surface area (Å²) in [7, 11) is 2.12. The van der Waals surface area contributed by atoms with E-state index in [0.717, 1.165) is 16.9 Å². The fourth-order valence-electron chi connectivity index (χ4n) is 2.16. The van der Waals surface area contributed by atoms with E-state index >= 15 is 0 Å². The van der Waals surface area contributed by atoms with E-state index in [2.05, 4.69) is 53.2 Å². The summed E-state index contributed by atoms with van der Waals surface area (Å²) in [5.41, 5.74) is 3.67. The van der Waals surface area contributed by atoms with Crippen LogP contribution in [0.2, 0.25) is 0 Å². The van der Waals surface area contributed by atoms with E-state index in [9.17, 15) is 0 Å². The lowest BCUT2D eigenvalue weighted by Crippen LogP contribution is -2.18. The minimum atomic E-state index is 1.05. The summed E-state index contributed by atoms with van der Waals surface area (Å²) < 4.78 is 4.49. The Morgan fingerprint density at radius 2 is 2.25 bits per heavy atom. The molecule has 82 valence electrons. The average Bonchev–Trinajstić information content (AvgIpc) is 2.78. The Hall–Kier alpha value is -1.42. The molecule has 0 saturated carbocycles. The van der Waals surface area contributed by atoms with Gasteiger partial charge in [-0.25, -0.2) is 9.55 Å². The molecule has 3 nitrogen and oxygen atoms in total. The molecule has 0 radical (unpaired) electrons. The van der Waals surface area contributed by atoms with E-state index < -0.39 is 0 Å². The third-order valence-corrected chi connectivity index (χ3v) is 4.00. The van der Waals surface area contributed by atoms with Gasteiger partial charge in [0.2, 0.25) is 4.83 Å². The first kappa shape index (κ1) is 9.78. The molecule has 0 atom stereocenters. The lowest BCUT2D eigenvalue weighted by Gasteiger charge is -1.90. The molecule has 3 aromatic rings. The van der Waals surface area contributed by atoms with Crippen LogP contribution in [0, 0.1) is 6.92 Å².